The van der Waals surface area contributed by atoms with E-state index < -0.39 is 0 Å². The van der Waals surface area contributed by atoms with E-state index in [-0.39, 0.29) is 11.6 Å². The molecule has 4 nitrogen and oxygen atoms in total. The molecule has 4 heteroatoms. The number of Topliss-reactive ketones (excluding diaryl/α,β-unsaturated/α-hetero) is 2. The van der Waals surface area contributed by atoms with E-state index in [2.05, 4.69) is 53.0 Å². The fourth-order valence-electron chi connectivity index (χ4n) is 0. The predicted octanol–water partition coefficient (Wildman–Crippen LogP) is 8.69. The summed E-state index contributed by atoms with van der Waals surface area (Å²) in [6.45, 7) is 34.9. The lowest BCUT2D eigenvalue weighted by Crippen LogP contribution is -1.69. The summed E-state index contributed by atoms with van der Waals surface area (Å²) in [5.41, 5.74) is 9.00. The van der Waals surface area contributed by atoms with Crippen molar-refractivity contribution in [1.82, 2.24) is 0 Å². The fourth-order valence-corrected chi connectivity index (χ4v) is 0. The zero-order valence-electron chi connectivity index (χ0n) is 25.1. The van der Waals surface area contributed by atoms with Crippen LogP contribution in [0.4, 0.5) is 0 Å². The normalized spacial score (nSPS) is 4.90. The third-order valence-corrected chi connectivity index (χ3v) is 0. The highest BCUT2D eigenvalue weighted by Gasteiger charge is 1.62. The van der Waals surface area contributed by atoms with Gasteiger partial charge in [-0.15, -0.1) is 0 Å². The Morgan fingerprint density at radius 2 is 0.414 bits per heavy atom. The van der Waals surface area contributed by atoms with E-state index >= 15 is 0 Å². The van der Waals surface area contributed by atoms with Crippen molar-refractivity contribution in [3.05, 3.63) is 0 Å². The van der Waals surface area contributed by atoms with Crippen molar-refractivity contribution in [3.8, 4) is 0 Å². The van der Waals surface area contributed by atoms with Gasteiger partial charge in [-0.25, -0.2) is 0 Å². The molecule has 0 atom stereocenters. The third-order valence-electron chi connectivity index (χ3n) is 0. The van der Waals surface area contributed by atoms with Gasteiger partial charge in [-0.3, -0.25) is 0 Å². The molecule has 0 aromatic heterocycles. The summed E-state index contributed by atoms with van der Waals surface area (Å²) >= 11 is 0. The van der Waals surface area contributed by atoms with Gasteiger partial charge in [0, 0.05) is 0 Å². The molecule has 0 saturated heterocycles. The number of carbonyl (C=O) groups excluding carboxylic acids is 2. The minimum Gasteiger partial charge on any atom is -0.333 e. The highest BCUT2D eigenvalue weighted by molar-refractivity contribution is 5.72. The lowest BCUT2D eigenvalue weighted by atomic mass is 10.6. The van der Waals surface area contributed by atoms with E-state index in [0.29, 0.717) is 0 Å². The van der Waals surface area contributed by atoms with Gasteiger partial charge in [0.2, 0.25) is 0 Å². The lowest BCUT2D eigenvalue weighted by Gasteiger charge is -1.56. The maximum atomic E-state index is 9.44. The minimum atomic E-state index is 0.167. The van der Waals surface area contributed by atoms with Gasteiger partial charge < -0.3 is 21.1 Å². The summed E-state index contributed by atoms with van der Waals surface area (Å²) in [5, 5.41) is 0. The highest BCUT2D eigenvalue weighted by Crippen LogP contribution is 1.57. The van der Waals surface area contributed by atoms with Crippen molar-refractivity contribution in [2.75, 3.05) is 14.1 Å². The second-order valence-corrected chi connectivity index (χ2v) is 3.94. The number of carbonyl (C=O) groups is 2. The van der Waals surface area contributed by atoms with Crippen molar-refractivity contribution in [3.63, 3.8) is 0 Å². The molecule has 0 amide bonds. The standard InChI is InChI=1S/2C3H6O.3C3H8.4C2H6.2CH5N/c2*1-3(2)4;3*1-3-2;6*1-2/h2*1-2H3;3*3H2,1-2H3;4*1-2H3;2*2H2,1H3. The first kappa shape index (κ1) is 70.5. The molecule has 192 valence electrons. The van der Waals surface area contributed by atoms with Gasteiger partial charge in [0.15, 0.2) is 0 Å². The lowest BCUT2D eigenvalue weighted by molar-refractivity contribution is -0.115. The number of hydrogen-bond donors (Lipinski definition) is 2. The Labute approximate surface area is 191 Å². The zero-order valence-corrected chi connectivity index (χ0v) is 25.1. The molecule has 0 unspecified atom stereocenters. The van der Waals surface area contributed by atoms with E-state index in [9.17, 15) is 9.59 Å². The molecule has 29 heavy (non-hydrogen) atoms. The third kappa shape index (κ3) is 31800. The second kappa shape index (κ2) is 276. The molecule has 0 aliphatic rings. The van der Waals surface area contributed by atoms with Crippen molar-refractivity contribution in [2.45, 2.75) is 144 Å². The average molecular weight is 431 g/mol. The predicted molar refractivity (Wildman–Crippen MR) is 146 cm³/mol. The van der Waals surface area contributed by atoms with Gasteiger partial charge in [-0.05, 0) is 41.8 Å². The Balaban J connectivity index is -0.0000000139. The average Bonchev–Trinajstić information content (AvgIpc) is 2.72. The molecule has 4 N–H and O–H groups in total. The molecule has 0 aromatic rings. The van der Waals surface area contributed by atoms with Crippen LogP contribution in [0.1, 0.15) is 144 Å². The molecule has 0 saturated carbocycles. The Morgan fingerprint density at radius 3 is 0.414 bits per heavy atom. The van der Waals surface area contributed by atoms with E-state index in [1.54, 1.807) is 0 Å². The van der Waals surface area contributed by atoms with Crippen LogP contribution >= 0.6 is 0 Å². The second-order valence-electron chi connectivity index (χ2n) is 3.94. The van der Waals surface area contributed by atoms with Crippen molar-refractivity contribution >= 4 is 11.6 Å². The summed E-state index contributed by atoms with van der Waals surface area (Å²) < 4.78 is 0. The largest absolute Gasteiger partial charge is 0.333 e. The van der Waals surface area contributed by atoms with E-state index in [4.69, 9.17) is 0 Å². The van der Waals surface area contributed by atoms with Gasteiger partial charge in [-0.1, -0.05) is 116 Å². The summed E-state index contributed by atoms with van der Waals surface area (Å²) in [4.78, 5) is 18.9. The molecule has 0 heterocycles. The SMILES string of the molecule is CC.CC.CC.CC.CC(C)=O.CC(C)=O.CCC.CCC.CCC.CN.CN. The summed E-state index contributed by atoms with van der Waals surface area (Å²) in [6.07, 6.45) is 3.75. The molecular formula is C25H70N2O2. The minimum absolute atomic E-state index is 0.167. The maximum Gasteiger partial charge on any atom is 0.126 e. The van der Waals surface area contributed by atoms with Crippen LogP contribution in [0, 0.1) is 0 Å². The Kier molecular flexibility index (Phi) is 670. The molecule has 0 aliphatic heterocycles. The van der Waals surface area contributed by atoms with Gasteiger partial charge >= 0.3 is 0 Å². The van der Waals surface area contributed by atoms with Crippen LogP contribution in [0.2, 0.25) is 0 Å². The monoisotopic (exact) mass is 431 g/mol. The van der Waals surface area contributed by atoms with Crippen molar-refractivity contribution in [2.24, 2.45) is 11.5 Å². The fraction of sp³-hybridized carbons (Fsp3) is 0.920. The molecule has 0 radical (unpaired) electrons. The van der Waals surface area contributed by atoms with Crippen LogP contribution in [0.25, 0.3) is 0 Å². The number of hydrogen-bond acceptors (Lipinski definition) is 4. The van der Waals surface area contributed by atoms with Crippen LogP contribution < -0.4 is 11.5 Å². The van der Waals surface area contributed by atoms with E-state index in [0.717, 1.165) is 0 Å². The molecular weight excluding hydrogens is 360 g/mol. The number of rotatable bonds is 0. The Morgan fingerprint density at radius 1 is 0.414 bits per heavy atom. The number of nitrogens with two attached hydrogens (primary N) is 2. The van der Waals surface area contributed by atoms with Crippen LogP contribution in [0.3, 0.4) is 0 Å². The first-order chi connectivity index (χ1) is 13.7. The van der Waals surface area contributed by atoms with E-state index in [1.807, 2.05) is 55.4 Å². The van der Waals surface area contributed by atoms with Crippen LogP contribution in [-0.2, 0) is 9.59 Å². The number of ketones is 2. The van der Waals surface area contributed by atoms with Gasteiger partial charge in [-0.2, -0.15) is 0 Å². The van der Waals surface area contributed by atoms with Gasteiger partial charge in [0.05, 0.1) is 0 Å². The molecule has 0 bridgehead atoms. The molecule has 0 spiro atoms. The quantitative estimate of drug-likeness (QED) is 0.402. The Hall–Kier alpha value is -0.740. The summed E-state index contributed by atoms with van der Waals surface area (Å²) in [6, 6.07) is 0. The molecule has 0 aromatic carbocycles. The van der Waals surface area contributed by atoms with Crippen LogP contribution in [-0.4, -0.2) is 25.7 Å². The smallest absolute Gasteiger partial charge is 0.126 e. The topological polar surface area (TPSA) is 86.2 Å². The van der Waals surface area contributed by atoms with E-state index in [1.165, 1.54) is 61.1 Å². The molecule has 0 rings (SSSR count). The Bertz CT molecular complexity index is 105. The van der Waals surface area contributed by atoms with Crippen molar-refractivity contribution in [1.29, 1.82) is 0 Å². The first-order valence-corrected chi connectivity index (χ1v) is 11.8. The maximum absolute atomic E-state index is 9.44. The van der Waals surface area contributed by atoms with Gasteiger partial charge in [0.1, 0.15) is 11.6 Å². The molecule has 0 aliphatic carbocycles. The first-order valence-electron chi connectivity index (χ1n) is 11.8. The summed E-state index contributed by atoms with van der Waals surface area (Å²) in [7, 11) is 3.00. The summed E-state index contributed by atoms with van der Waals surface area (Å²) in [5.74, 6) is 0.333. The van der Waals surface area contributed by atoms with Gasteiger partial charge in [0.25, 0.3) is 0 Å². The van der Waals surface area contributed by atoms with Crippen LogP contribution in [0.15, 0.2) is 0 Å². The zero-order chi connectivity index (χ0) is 27.3. The molecule has 0 fully saturated rings. The van der Waals surface area contributed by atoms with Crippen LogP contribution in [0.5, 0.6) is 0 Å². The van der Waals surface area contributed by atoms with Crippen molar-refractivity contribution < 1.29 is 9.59 Å². The highest BCUT2D eigenvalue weighted by atomic mass is 16.1.